The van der Waals surface area contributed by atoms with Crippen molar-refractivity contribution in [2.24, 2.45) is 10.9 Å². The molecule has 0 N–H and O–H groups in total. The number of ketones is 1. The van der Waals surface area contributed by atoms with Gasteiger partial charge >= 0.3 is 6.09 Å². The summed E-state index contributed by atoms with van der Waals surface area (Å²) in [4.78, 5) is 32.3. The number of rotatable bonds is 7. The second kappa shape index (κ2) is 10.9. The number of carbonyl (C=O) groups is 2. The summed E-state index contributed by atoms with van der Waals surface area (Å²) in [6.45, 7) is 18.9. The van der Waals surface area contributed by atoms with Gasteiger partial charge in [0.1, 0.15) is 18.1 Å². The molecule has 36 heavy (non-hydrogen) atoms. The van der Waals surface area contributed by atoms with Crippen molar-refractivity contribution >= 4 is 36.9 Å². The van der Waals surface area contributed by atoms with E-state index in [1.807, 2.05) is 0 Å². The lowest BCUT2D eigenvalue weighted by Crippen LogP contribution is -2.54. The maximum atomic E-state index is 15.1. The number of hydrogen-bond acceptors (Lipinski definition) is 6. The third-order valence-corrected chi connectivity index (χ3v) is 9.82. The molecule has 1 aliphatic rings. The Morgan fingerprint density at radius 2 is 1.81 bits per heavy atom. The van der Waals surface area contributed by atoms with E-state index < -0.39 is 47.6 Å². The van der Waals surface area contributed by atoms with Gasteiger partial charge in [-0.2, -0.15) is 0 Å². The first-order chi connectivity index (χ1) is 16.3. The molecule has 0 radical (unpaired) electrons. The summed E-state index contributed by atoms with van der Waals surface area (Å²) < 4.78 is 39.7. The van der Waals surface area contributed by atoms with Crippen molar-refractivity contribution in [1.82, 2.24) is 4.90 Å². The average molecular weight is 543 g/mol. The summed E-state index contributed by atoms with van der Waals surface area (Å²) in [6, 6.07) is 4.82. The Kier molecular flexibility index (Phi) is 9.22. The Bertz CT molecular complexity index is 1020. The molecule has 0 aliphatic carbocycles. The lowest BCUT2D eigenvalue weighted by Gasteiger charge is -2.47. The Balaban J connectivity index is 2.62. The molecule has 1 heterocycles. The van der Waals surface area contributed by atoms with Crippen LogP contribution in [-0.2, 0) is 19.8 Å². The summed E-state index contributed by atoms with van der Waals surface area (Å²) in [5.41, 5.74) is -2.11. The number of benzene rings is 1. The number of amidine groups is 1. The number of aliphatic imine (C=N–C) groups is 1. The van der Waals surface area contributed by atoms with Crippen LogP contribution in [0.15, 0.2) is 23.2 Å². The second-order valence-electron chi connectivity index (χ2n) is 11.9. The molecule has 1 amide bonds. The van der Waals surface area contributed by atoms with E-state index >= 15 is 4.39 Å². The van der Waals surface area contributed by atoms with Gasteiger partial charge in [0.2, 0.25) is 0 Å². The van der Waals surface area contributed by atoms with Crippen LogP contribution in [0.3, 0.4) is 0 Å². The third-order valence-electron chi connectivity index (χ3n) is 6.56. The summed E-state index contributed by atoms with van der Waals surface area (Å²) in [5, 5.41) is 0.166. The van der Waals surface area contributed by atoms with Crippen LogP contribution < -0.4 is 0 Å². The van der Waals surface area contributed by atoms with Crippen LogP contribution in [0.2, 0.25) is 25.7 Å². The summed E-state index contributed by atoms with van der Waals surface area (Å²) in [6.07, 6.45) is -0.690. The molecule has 0 saturated carbocycles. The molecule has 1 aromatic carbocycles. The summed E-state index contributed by atoms with van der Waals surface area (Å²) in [7, 11) is -1.38. The van der Waals surface area contributed by atoms with Gasteiger partial charge in [0.15, 0.2) is 16.8 Å². The largest absolute Gasteiger partial charge is 0.443 e. The van der Waals surface area contributed by atoms with Gasteiger partial charge in [-0.05, 0) is 53.7 Å². The monoisotopic (exact) mass is 542 g/mol. The normalized spacial score (nSPS) is 24.8. The average Bonchev–Trinajstić information content (AvgIpc) is 2.71. The molecule has 6 nitrogen and oxygen atoms in total. The number of nitrogens with zero attached hydrogens (tertiary/aromatic N) is 2. The number of Topliss-reactive ketones (excluding diaryl/α,β-unsaturated/α-hetero) is 1. The predicted molar refractivity (Wildman–Crippen MR) is 144 cm³/mol. The molecule has 0 saturated heterocycles. The molecule has 0 aromatic heterocycles. The Morgan fingerprint density at radius 3 is 2.33 bits per heavy atom. The standard InChI is InChI=1S/C26H40F2N2O4SSi/c1-17-25(6,19-12-11-13-20(27)21(19)28)29-22(35-26(17,7)18(2)31)30(23(32)34-24(3,4)5)16-33-14-15-36(8,9)10/h11-13,17H,14-16H2,1-10H3/t17-,25-,26-/m0/s1. The van der Waals surface area contributed by atoms with Gasteiger partial charge in [-0.3, -0.25) is 9.79 Å². The van der Waals surface area contributed by atoms with Crippen molar-refractivity contribution in [1.29, 1.82) is 0 Å². The van der Waals surface area contributed by atoms with Crippen molar-refractivity contribution in [3.63, 3.8) is 0 Å². The number of halogens is 2. The van der Waals surface area contributed by atoms with Crippen LogP contribution in [0.5, 0.6) is 0 Å². The van der Waals surface area contributed by atoms with Crippen molar-refractivity contribution in [2.45, 2.75) is 90.0 Å². The third kappa shape index (κ3) is 6.95. The highest BCUT2D eigenvalue weighted by molar-refractivity contribution is 8.15. The molecular weight excluding hydrogens is 502 g/mol. The molecule has 0 fully saturated rings. The van der Waals surface area contributed by atoms with Crippen molar-refractivity contribution in [2.75, 3.05) is 13.3 Å². The van der Waals surface area contributed by atoms with E-state index in [9.17, 15) is 14.0 Å². The van der Waals surface area contributed by atoms with E-state index in [1.165, 1.54) is 24.0 Å². The minimum atomic E-state index is -1.38. The highest BCUT2D eigenvalue weighted by atomic mass is 32.2. The Labute approximate surface area is 219 Å². The molecular formula is C26H40F2N2O4SSi. The Hall–Kier alpha value is -1.78. The van der Waals surface area contributed by atoms with Crippen molar-refractivity contribution in [3.8, 4) is 0 Å². The fourth-order valence-corrected chi connectivity index (χ4v) is 6.01. The number of ether oxygens (including phenoxy) is 2. The molecule has 3 atom stereocenters. The van der Waals surface area contributed by atoms with Crippen LogP contribution in [0, 0.1) is 17.6 Å². The highest BCUT2D eigenvalue weighted by Crippen LogP contribution is 2.52. The van der Waals surface area contributed by atoms with Crippen LogP contribution in [-0.4, -0.2) is 53.7 Å². The minimum absolute atomic E-state index is 0.0177. The van der Waals surface area contributed by atoms with Gasteiger partial charge < -0.3 is 9.47 Å². The van der Waals surface area contributed by atoms with E-state index in [0.29, 0.717) is 6.61 Å². The molecule has 0 unspecified atom stereocenters. The van der Waals surface area contributed by atoms with E-state index in [0.717, 1.165) is 23.9 Å². The highest BCUT2D eigenvalue weighted by Gasteiger charge is 2.54. The topological polar surface area (TPSA) is 68.2 Å². The Morgan fingerprint density at radius 1 is 1.19 bits per heavy atom. The zero-order chi connectivity index (χ0) is 27.7. The molecule has 1 aromatic rings. The SMILES string of the molecule is CC(=O)[C@@]1(C)SC(N(COCC[Si](C)(C)C)C(=O)OC(C)(C)C)=N[C@](C)(c2cccc(F)c2F)[C@@H]1C. The van der Waals surface area contributed by atoms with Crippen LogP contribution in [0.4, 0.5) is 13.6 Å². The molecule has 10 heteroatoms. The lowest BCUT2D eigenvalue weighted by atomic mass is 9.72. The first-order valence-electron chi connectivity index (χ1n) is 12.1. The molecule has 0 spiro atoms. The van der Waals surface area contributed by atoms with Gasteiger partial charge in [0, 0.05) is 26.2 Å². The van der Waals surface area contributed by atoms with Gasteiger partial charge in [-0.25, -0.2) is 18.5 Å². The minimum Gasteiger partial charge on any atom is -0.443 e. The number of carbonyl (C=O) groups excluding carboxylic acids is 2. The summed E-state index contributed by atoms with van der Waals surface area (Å²) in [5.74, 6) is -2.72. The maximum absolute atomic E-state index is 15.1. The molecule has 1 aliphatic heterocycles. The fourth-order valence-electron chi connectivity index (χ4n) is 3.85. The molecule has 0 bridgehead atoms. The van der Waals surface area contributed by atoms with Gasteiger partial charge in [0.25, 0.3) is 0 Å². The van der Waals surface area contributed by atoms with Crippen molar-refractivity contribution < 1.29 is 27.8 Å². The first-order valence-corrected chi connectivity index (χ1v) is 16.7. The lowest BCUT2D eigenvalue weighted by molar-refractivity contribution is -0.120. The predicted octanol–water partition coefficient (Wildman–Crippen LogP) is 6.82. The van der Waals surface area contributed by atoms with E-state index in [1.54, 1.807) is 41.5 Å². The number of thioether (sulfide) groups is 1. The first kappa shape index (κ1) is 30.4. The van der Waals surface area contributed by atoms with Gasteiger partial charge in [-0.1, -0.05) is 50.5 Å². The summed E-state index contributed by atoms with van der Waals surface area (Å²) >= 11 is 1.12. The van der Waals surface area contributed by atoms with Crippen LogP contribution in [0.1, 0.15) is 54.0 Å². The zero-order valence-corrected chi connectivity index (χ0v) is 24.9. The maximum Gasteiger partial charge on any atom is 0.418 e. The van der Waals surface area contributed by atoms with Crippen LogP contribution in [0.25, 0.3) is 0 Å². The van der Waals surface area contributed by atoms with E-state index in [4.69, 9.17) is 14.5 Å². The quantitative estimate of drug-likeness (QED) is 0.215. The molecule has 202 valence electrons. The smallest absolute Gasteiger partial charge is 0.418 e. The van der Waals surface area contributed by atoms with Crippen molar-refractivity contribution in [3.05, 3.63) is 35.4 Å². The van der Waals surface area contributed by atoms with Crippen LogP contribution >= 0.6 is 11.8 Å². The van der Waals surface area contributed by atoms with Gasteiger partial charge in [-0.15, -0.1) is 0 Å². The number of hydrogen-bond donors (Lipinski definition) is 0. The van der Waals surface area contributed by atoms with E-state index in [-0.39, 0.29) is 23.2 Å². The number of amides is 1. The van der Waals surface area contributed by atoms with E-state index in [2.05, 4.69) is 19.6 Å². The molecule has 2 rings (SSSR count). The zero-order valence-electron chi connectivity index (χ0n) is 23.1. The second-order valence-corrected chi connectivity index (χ2v) is 18.9. The van der Waals surface area contributed by atoms with Gasteiger partial charge in [0.05, 0.1) is 10.3 Å². The fraction of sp³-hybridized carbons (Fsp3) is 0.654.